The van der Waals surface area contributed by atoms with Crippen LogP contribution in [0.1, 0.15) is 0 Å². The second-order valence-corrected chi connectivity index (χ2v) is 16.2. The molecule has 0 aromatic heterocycles. The second kappa shape index (κ2) is 9.20. The zero-order valence-corrected chi connectivity index (χ0v) is 20.3. The Labute approximate surface area is 190 Å². The summed E-state index contributed by atoms with van der Waals surface area (Å²) in [4.78, 5) is 6.08. The van der Waals surface area contributed by atoms with Gasteiger partial charge >= 0.3 is 21.1 Å². The maximum absolute atomic E-state index is 6.84. The van der Waals surface area contributed by atoms with Crippen LogP contribution in [0.25, 0.3) is 0 Å². The van der Waals surface area contributed by atoms with Crippen molar-refractivity contribution in [2.45, 2.75) is 0 Å². The van der Waals surface area contributed by atoms with Crippen LogP contribution >= 0.6 is 54.8 Å². The lowest BCUT2D eigenvalue weighted by molar-refractivity contribution is 0.568. The first-order valence-electron chi connectivity index (χ1n) is 8.69. The first kappa shape index (κ1) is 22.1. The average molecular weight is 523 g/mol. The van der Waals surface area contributed by atoms with Crippen LogP contribution in [0.4, 0.5) is 0 Å². The Morgan fingerprint density at radius 2 is 1.17 bits per heavy atom. The molecule has 2 N–H and O–H groups in total. The number of para-hydroxylation sites is 3. The van der Waals surface area contributed by atoms with Crippen molar-refractivity contribution in [1.29, 1.82) is 0 Å². The Morgan fingerprint density at radius 3 is 1.70 bits per heavy atom. The predicted molar refractivity (Wildman–Crippen MR) is 128 cm³/mol. The molecular formula is C18H17Cl3N3O3P3+2. The first-order chi connectivity index (χ1) is 14.4. The van der Waals surface area contributed by atoms with Gasteiger partial charge in [-0.15, -0.1) is 0 Å². The topological polar surface area (TPSA) is 64.1 Å². The summed E-state index contributed by atoms with van der Waals surface area (Å²) in [5.74, 6) is 1.57. The molecule has 0 saturated heterocycles. The lowest BCUT2D eigenvalue weighted by atomic mass is 10.3. The molecule has 1 aliphatic rings. The van der Waals surface area contributed by atoms with E-state index in [0.717, 1.165) is 0 Å². The molecule has 0 amide bonds. The molecule has 3 unspecified atom stereocenters. The minimum atomic E-state index is -3.23. The summed E-state index contributed by atoms with van der Waals surface area (Å²) in [6, 6.07) is 27.2. The third kappa shape index (κ3) is 5.79. The summed E-state index contributed by atoms with van der Waals surface area (Å²) in [5, 5.41) is 0. The fourth-order valence-electron chi connectivity index (χ4n) is 2.51. The van der Waals surface area contributed by atoms with Gasteiger partial charge in [0.1, 0.15) is 5.75 Å². The van der Waals surface area contributed by atoms with Crippen LogP contribution in [0.15, 0.2) is 95.5 Å². The minimum absolute atomic E-state index is 0.518. The lowest BCUT2D eigenvalue weighted by Gasteiger charge is -2.28. The van der Waals surface area contributed by atoms with E-state index in [4.69, 9.17) is 47.3 Å². The minimum Gasteiger partial charge on any atom is -0.432 e. The molecule has 3 atom stereocenters. The molecule has 0 radical (unpaired) electrons. The molecule has 12 heteroatoms. The van der Waals surface area contributed by atoms with Crippen molar-refractivity contribution in [3.05, 3.63) is 91.0 Å². The largest absolute Gasteiger partial charge is 0.522 e. The number of benzene rings is 3. The van der Waals surface area contributed by atoms with Crippen molar-refractivity contribution in [2.75, 3.05) is 0 Å². The zero-order valence-electron chi connectivity index (χ0n) is 15.3. The van der Waals surface area contributed by atoms with Crippen LogP contribution in [0.2, 0.25) is 0 Å². The van der Waals surface area contributed by atoms with Gasteiger partial charge in [-0.1, -0.05) is 54.6 Å². The summed E-state index contributed by atoms with van der Waals surface area (Å²) in [5.41, 5.74) is 0. The number of nitrogens with zero attached hydrogens (tertiary/aromatic N) is 1. The normalized spacial score (nSPS) is 28.2. The van der Waals surface area contributed by atoms with Gasteiger partial charge in [0.15, 0.2) is 34.0 Å². The monoisotopic (exact) mass is 521 g/mol. The number of rotatable bonds is 6. The van der Waals surface area contributed by atoms with Gasteiger partial charge in [0.2, 0.25) is 0 Å². The van der Waals surface area contributed by atoms with E-state index in [2.05, 4.69) is 14.2 Å². The Balaban J connectivity index is 1.70. The number of nitrogens with one attached hydrogen (secondary N) is 2. The summed E-state index contributed by atoms with van der Waals surface area (Å²) in [6.07, 6.45) is 0. The molecule has 0 spiro atoms. The molecule has 156 valence electrons. The average Bonchev–Trinajstić information content (AvgIpc) is 2.68. The highest BCUT2D eigenvalue weighted by Crippen LogP contribution is 2.84. The highest BCUT2D eigenvalue weighted by atomic mass is 35.7. The molecule has 0 saturated carbocycles. The third-order valence-corrected chi connectivity index (χ3v) is 15.4. The molecule has 3 aromatic rings. The van der Waals surface area contributed by atoms with Crippen LogP contribution in [0.5, 0.6) is 17.2 Å². The van der Waals surface area contributed by atoms with Gasteiger partial charge in [0, 0.05) is 4.52 Å². The van der Waals surface area contributed by atoms with Crippen molar-refractivity contribution in [3.8, 4) is 17.2 Å². The smallest absolute Gasteiger partial charge is 0.432 e. The fourth-order valence-corrected chi connectivity index (χ4v) is 17.2. The SMILES string of the molecule is ClP1(Oc2ccccc2)=N[P+](Cl)(Oc2ccccc2)N[P+](Cl)(Oc2ccccc2)N1. The molecule has 30 heavy (non-hydrogen) atoms. The van der Waals surface area contributed by atoms with Crippen LogP contribution in [-0.2, 0) is 0 Å². The second-order valence-electron chi connectivity index (χ2n) is 6.04. The van der Waals surface area contributed by atoms with Crippen molar-refractivity contribution in [3.63, 3.8) is 0 Å². The maximum atomic E-state index is 6.84. The Morgan fingerprint density at radius 1 is 0.700 bits per heavy atom. The van der Waals surface area contributed by atoms with E-state index in [1.54, 1.807) is 36.4 Å². The summed E-state index contributed by atoms with van der Waals surface area (Å²) < 4.78 is 22.5. The quantitative estimate of drug-likeness (QED) is 0.318. The molecule has 6 nitrogen and oxygen atoms in total. The lowest BCUT2D eigenvalue weighted by Crippen LogP contribution is -2.30. The van der Waals surface area contributed by atoms with Crippen molar-refractivity contribution in [1.82, 2.24) is 9.72 Å². The van der Waals surface area contributed by atoms with E-state index < -0.39 is 21.1 Å². The number of halogens is 3. The van der Waals surface area contributed by atoms with Crippen LogP contribution < -0.4 is 23.3 Å². The van der Waals surface area contributed by atoms with E-state index in [1.165, 1.54) is 0 Å². The van der Waals surface area contributed by atoms with Gasteiger partial charge in [-0.2, -0.15) is 0 Å². The van der Waals surface area contributed by atoms with Crippen LogP contribution in [0, 0.1) is 0 Å². The molecule has 0 bridgehead atoms. The van der Waals surface area contributed by atoms with E-state index in [1.807, 2.05) is 54.6 Å². The molecule has 0 fully saturated rings. The van der Waals surface area contributed by atoms with Crippen molar-refractivity contribution in [2.24, 2.45) is 4.52 Å². The van der Waals surface area contributed by atoms with Crippen molar-refractivity contribution < 1.29 is 13.6 Å². The van der Waals surface area contributed by atoms with Gasteiger partial charge in [-0.05, 0) is 52.5 Å². The number of hydrogen-bond donors (Lipinski definition) is 2. The van der Waals surface area contributed by atoms with Gasteiger partial charge in [0.25, 0.3) is 0 Å². The third-order valence-electron chi connectivity index (χ3n) is 3.65. The molecule has 1 aliphatic heterocycles. The fraction of sp³-hybridized carbons (Fsp3) is 0. The van der Waals surface area contributed by atoms with Gasteiger partial charge in [0.05, 0.1) is 4.86 Å². The van der Waals surface area contributed by atoms with Crippen LogP contribution in [0.3, 0.4) is 0 Å². The van der Waals surface area contributed by atoms with E-state index in [-0.39, 0.29) is 0 Å². The Kier molecular flexibility index (Phi) is 6.79. The highest BCUT2D eigenvalue weighted by Gasteiger charge is 2.68. The van der Waals surface area contributed by atoms with Gasteiger partial charge in [-0.3, -0.25) is 9.05 Å². The van der Waals surface area contributed by atoms with E-state index >= 15 is 0 Å². The van der Waals surface area contributed by atoms with Crippen LogP contribution in [-0.4, -0.2) is 0 Å². The van der Waals surface area contributed by atoms with E-state index in [0.29, 0.717) is 17.2 Å². The molecule has 4 rings (SSSR count). The molecular weight excluding hydrogens is 505 g/mol. The summed E-state index contributed by atoms with van der Waals surface area (Å²) >= 11 is 20.5. The zero-order chi connectivity index (χ0) is 21.1. The molecule has 3 aromatic carbocycles. The van der Waals surface area contributed by atoms with Gasteiger partial charge in [-0.25, -0.2) is 0 Å². The maximum Gasteiger partial charge on any atom is 0.522 e. The first-order valence-corrected chi connectivity index (χ1v) is 16.4. The predicted octanol–water partition coefficient (Wildman–Crippen LogP) is 8.43. The molecule has 0 aliphatic carbocycles. The summed E-state index contributed by atoms with van der Waals surface area (Å²) in [6.45, 7) is -3.23. The van der Waals surface area contributed by atoms with Crippen molar-refractivity contribution >= 4 is 54.8 Å². The number of hydrogen-bond acceptors (Lipinski definition) is 6. The Bertz CT molecular complexity index is 1050. The van der Waals surface area contributed by atoms with E-state index in [9.17, 15) is 0 Å². The van der Waals surface area contributed by atoms with Gasteiger partial charge < -0.3 is 4.52 Å². The Hall–Kier alpha value is -1.06. The highest BCUT2D eigenvalue weighted by molar-refractivity contribution is 8.14. The molecule has 1 heterocycles. The standard InChI is InChI=1S/C18H17Cl3N3O3P3/c19-28(25-16-10-4-1-5-11-16)22-29(20,26-17-12-6-2-7-13-17)24-30(21,23-28)27-18-14-8-3-9-15-18/h1-15,22-23H/q+2. The summed E-state index contributed by atoms with van der Waals surface area (Å²) in [7, 11) is -6.37.